The third-order valence-corrected chi connectivity index (χ3v) is 4.54. The lowest BCUT2D eigenvalue weighted by molar-refractivity contribution is 0.552. The predicted octanol–water partition coefficient (Wildman–Crippen LogP) is 0.942. The van der Waals surface area contributed by atoms with Gasteiger partial charge in [0.05, 0.1) is 5.75 Å². The van der Waals surface area contributed by atoms with Gasteiger partial charge in [-0.15, -0.1) is 0 Å². The zero-order valence-corrected chi connectivity index (χ0v) is 10.5. The Morgan fingerprint density at radius 1 is 1.35 bits per heavy atom. The minimum Gasteiger partial charge on any atom is -0.330 e. The molecule has 0 amide bonds. The quantitative estimate of drug-likeness (QED) is 0.821. The fourth-order valence-corrected chi connectivity index (χ4v) is 3.57. The van der Waals surface area contributed by atoms with E-state index in [0.717, 1.165) is 18.4 Å². The molecule has 0 aromatic heterocycles. The van der Waals surface area contributed by atoms with Crippen LogP contribution in [0.4, 0.5) is 0 Å². The maximum atomic E-state index is 11.8. The lowest BCUT2D eigenvalue weighted by atomic mass is 10.1. The van der Waals surface area contributed by atoms with Crippen molar-refractivity contribution in [3.8, 4) is 0 Å². The summed E-state index contributed by atoms with van der Waals surface area (Å²) in [6, 6.07) is 7.94. The van der Waals surface area contributed by atoms with Crippen molar-refractivity contribution >= 4 is 10.0 Å². The van der Waals surface area contributed by atoms with Crippen LogP contribution < -0.4 is 10.5 Å². The SMILES string of the molecule is NCCCS(=O)(=O)NC1CCc2ccccc21. The molecular formula is C12H18N2O2S. The smallest absolute Gasteiger partial charge is 0.212 e. The average molecular weight is 254 g/mol. The van der Waals surface area contributed by atoms with Crippen LogP contribution >= 0.6 is 0 Å². The van der Waals surface area contributed by atoms with E-state index in [9.17, 15) is 8.42 Å². The molecule has 0 spiro atoms. The fourth-order valence-electron chi connectivity index (χ4n) is 2.23. The normalized spacial score (nSPS) is 19.2. The van der Waals surface area contributed by atoms with Crippen molar-refractivity contribution < 1.29 is 8.42 Å². The molecule has 1 atom stereocenters. The molecule has 1 aliphatic carbocycles. The Labute approximate surface area is 102 Å². The van der Waals surface area contributed by atoms with E-state index in [2.05, 4.69) is 10.8 Å². The van der Waals surface area contributed by atoms with Gasteiger partial charge in [-0.25, -0.2) is 13.1 Å². The van der Waals surface area contributed by atoms with E-state index >= 15 is 0 Å². The molecule has 1 aliphatic rings. The number of aryl methyl sites for hydroxylation is 1. The fraction of sp³-hybridized carbons (Fsp3) is 0.500. The first-order chi connectivity index (χ1) is 8.12. The van der Waals surface area contributed by atoms with Gasteiger partial charge >= 0.3 is 0 Å². The lowest BCUT2D eigenvalue weighted by Gasteiger charge is -2.14. The van der Waals surface area contributed by atoms with Gasteiger partial charge in [-0.05, 0) is 36.9 Å². The highest BCUT2D eigenvalue weighted by molar-refractivity contribution is 7.89. The second-order valence-corrected chi connectivity index (χ2v) is 6.24. The van der Waals surface area contributed by atoms with E-state index in [1.54, 1.807) is 0 Å². The van der Waals surface area contributed by atoms with Gasteiger partial charge in [-0.2, -0.15) is 0 Å². The highest BCUT2D eigenvalue weighted by Crippen LogP contribution is 2.31. The van der Waals surface area contributed by atoms with Gasteiger partial charge in [0.15, 0.2) is 0 Å². The summed E-state index contributed by atoms with van der Waals surface area (Å²) in [6.07, 6.45) is 2.30. The van der Waals surface area contributed by atoms with Gasteiger partial charge < -0.3 is 5.73 Å². The van der Waals surface area contributed by atoms with Crippen LogP contribution in [-0.2, 0) is 16.4 Å². The van der Waals surface area contributed by atoms with Gasteiger partial charge in [0, 0.05) is 6.04 Å². The Balaban J connectivity index is 2.07. The van der Waals surface area contributed by atoms with Crippen molar-refractivity contribution in [3.05, 3.63) is 35.4 Å². The molecule has 0 saturated carbocycles. The molecule has 5 heteroatoms. The molecule has 0 heterocycles. The number of nitrogens with one attached hydrogen (secondary N) is 1. The van der Waals surface area contributed by atoms with Crippen LogP contribution in [0.3, 0.4) is 0 Å². The van der Waals surface area contributed by atoms with Crippen LogP contribution in [0.2, 0.25) is 0 Å². The van der Waals surface area contributed by atoms with Crippen molar-refractivity contribution in [1.29, 1.82) is 0 Å². The standard InChI is InChI=1S/C12H18N2O2S/c13-8-3-9-17(15,16)14-12-7-6-10-4-1-2-5-11(10)12/h1-2,4-5,12,14H,3,6-9,13H2. The average Bonchev–Trinajstić information content (AvgIpc) is 2.70. The molecule has 2 rings (SSSR count). The largest absolute Gasteiger partial charge is 0.330 e. The van der Waals surface area contributed by atoms with Gasteiger partial charge in [-0.3, -0.25) is 0 Å². The van der Waals surface area contributed by atoms with Crippen LogP contribution in [0.25, 0.3) is 0 Å². The minimum atomic E-state index is -3.20. The number of benzene rings is 1. The zero-order chi connectivity index (χ0) is 12.3. The molecule has 0 saturated heterocycles. The van der Waals surface area contributed by atoms with Crippen molar-refractivity contribution in [2.45, 2.75) is 25.3 Å². The molecular weight excluding hydrogens is 236 g/mol. The second-order valence-electron chi connectivity index (χ2n) is 4.37. The number of nitrogens with two attached hydrogens (primary N) is 1. The maximum absolute atomic E-state index is 11.8. The number of fused-ring (bicyclic) bond motifs is 1. The minimum absolute atomic E-state index is 0.0611. The third kappa shape index (κ3) is 3.06. The monoisotopic (exact) mass is 254 g/mol. The summed E-state index contributed by atoms with van der Waals surface area (Å²) in [5.74, 6) is 0.113. The van der Waals surface area contributed by atoms with Gasteiger partial charge in [0.1, 0.15) is 0 Å². The molecule has 0 bridgehead atoms. The van der Waals surface area contributed by atoms with E-state index in [1.807, 2.05) is 18.2 Å². The van der Waals surface area contributed by atoms with Crippen LogP contribution in [0, 0.1) is 0 Å². The van der Waals surface area contributed by atoms with E-state index in [4.69, 9.17) is 5.73 Å². The molecule has 1 aromatic rings. The Hall–Kier alpha value is -0.910. The molecule has 0 radical (unpaired) electrons. The summed E-state index contributed by atoms with van der Waals surface area (Å²) in [5, 5.41) is 0. The van der Waals surface area contributed by atoms with Crippen molar-refractivity contribution in [2.75, 3.05) is 12.3 Å². The second kappa shape index (κ2) is 5.16. The summed E-state index contributed by atoms with van der Waals surface area (Å²) in [7, 11) is -3.20. The summed E-state index contributed by atoms with van der Waals surface area (Å²) < 4.78 is 26.3. The molecule has 94 valence electrons. The summed E-state index contributed by atoms with van der Waals surface area (Å²) >= 11 is 0. The highest BCUT2D eigenvalue weighted by Gasteiger charge is 2.25. The van der Waals surface area contributed by atoms with Gasteiger partial charge in [0.2, 0.25) is 10.0 Å². The molecule has 1 aromatic carbocycles. The molecule has 1 unspecified atom stereocenters. The Bertz CT molecular complexity index is 485. The van der Waals surface area contributed by atoms with Crippen molar-refractivity contribution in [2.24, 2.45) is 5.73 Å². The number of sulfonamides is 1. The first-order valence-corrected chi connectivity index (χ1v) is 7.55. The maximum Gasteiger partial charge on any atom is 0.212 e. The first-order valence-electron chi connectivity index (χ1n) is 5.90. The summed E-state index contributed by atoms with van der Waals surface area (Å²) in [4.78, 5) is 0. The van der Waals surface area contributed by atoms with Gasteiger partial charge in [0.25, 0.3) is 0 Å². The Kier molecular flexibility index (Phi) is 3.81. The highest BCUT2D eigenvalue weighted by atomic mass is 32.2. The van der Waals surface area contributed by atoms with Gasteiger partial charge in [-0.1, -0.05) is 24.3 Å². The Morgan fingerprint density at radius 3 is 2.88 bits per heavy atom. The molecule has 0 aliphatic heterocycles. The van der Waals surface area contributed by atoms with E-state index in [-0.39, 0.29) is 11.8 Å². The Morgan fingerprint density at radius 2 is 2.12 bits per heavy atom. The van der Waals surface area contributed by atoms with Crippen molar-refractivity contribution in [3.63, 3.8) is 0 Å². The zero-order valence-electron chi connectivity index (χ0n) is 9.72. The molecule has 3 N–H and O–H groups in total. The molecule has 17 heavy (non-hydrogen) atoms. The van der Waals surface area contributed by atoms with Crippen LogP contribution in [0.15, 0.2) is 24.3 Å². The van der Waals surface area contributed by atoms with Crippen LogP contribution in [0.5, 0.6) is 0 Å². The number of hydrogen-bond donors (Lipinski definition) is 2. The first kappa shape index (κ1) is 12.5. The predicted molar refractivity (Wildman–Crippen MR) is 68.1 cm³/mol. The molecule has 0 fully saturated rings. The van der Waals surface area contributed by atoms with Crippen LogP contribution in [-0.4, -0.2) is 20.7 Å². The summed E-state index contributed by atoms with van der Waals surface area (Å²) in [5.41, 5.74) is 7.69. The topological polar surface area (TPSA) is 72.2 Å². The molecule has 4 nitrogen and oxygen atoms in total. The van der Waals surface area contributed by atoms with E-state index < -0.39 is 10.0 Å². The van der Waals surface area contributed by atoms with Crippen molar-refractivity contribution in [1.82, 2.24) is 4.72 Å². The van der Waals surface area contributed by atoms with E-state index in [1.165, 1.54) is 5.56 Å². The summed E-state index contributed by atoms with van der Waals surface area (Å²) in [6.45, 7) is 0.405. The third-order valence-electron chi connectivity index (χ3n) is 3.07. The number of rotatable bonds is 5. The number of hydrogen-bond acceptors (Lipinski definition) is 3. The lowest BCUT2D eigenvalue weighted by Crippen LogP contribution is -2.30. The van der Waals surface area contributed by atoms with Crippen LogP contribution in [0.1, 0.15) is 30.0 Å². The van der Waals surface area contributed by atoms with E-state index in [0.29, 0.717) is 13.0 Å².